The van der Waals surface area contributed by atoms with E-state index in [1.165, 1.54) is 0 Å². The molecule has 4 heteroatoms. The molecule has 9 rings (SSSR count). The second kappa shape index (κ2) is 10.0. The Hall–Kier alpha value is -5.50. The second-order valence-electron chi connectivity index (χ2n) is 11.5. The fraction of sp³-hybridized carbons (Fsp3) is 0. The summed E-state index contributed by atoms with van der Waals surface area (Å²) in [5.41, 5.74) is 8.31. The summed E-state index contributed by atoms with van der Waals surface area (Å²) in [7, 11) is -3.18. The van der Waals surface area contributed by atoms with Crippen LogP contribution in [-0.2, 0) is 4.57 Å². The van der Waals surface area contributed by atoms with E-state index >= 15 is 4.57 Å². The highest BCUT2D eigenvalue weighted by Crippen LogP contribution is 2.55. The Morgan fingerprint density at radius 2 is 1.16 bits per heavy atom. The molecule has 0 aliphatic carbocycles. The molecule has 0 saturated heterocycles. The van der Waals surface area contributed by atoms with E-state index in [1.54, 1.807) is 0 Å². The molecular formula is C41H27N2OP. The molecule has 8 aromatic rings. The number of hydrogen-bond acceptors (Lipinski definition) is 2. The third-order valence-corrected chi connectivity index (χ3v) is 12.2. The van der Waals surface area contributed by atoms with Gasteiger partial charge in [0.2, 0.25) is 0 Å². The van der Waals surface area contributed by atoms with Gasteiger partial charge in [0.25, 0.3) is 0 Å². The maximum Gasteiger partial charge on any atom is 0.172 e. The summed E-state index contributed by atoms with van der Waals surface area (Å²) in [4.78, 5) is 5.29. The SMILES string of the molecule is O=P1(c2ccccc2)c2ccccc2-c2ccc3c(c21)c1ccccc1n3-c1cc(-c2ccccc2)cc(-c2ccccc2)n1. The first kappa shape index (κ1) is 25.9. The zero-order chi connectivity index (χ0) is 30.0. The van der Waals surface area contributed by atoms with Crippen LogP contribution >= 0.6 is 7.14 Å². The molecule has 1 unspecified atom stereocenters. The van der Waals surface area contributed by atoms with Gasteiger partial charge in [-0.05, 0) is 46.5 Å². The van der Waals surface area contributed by atoms with Crippen molar-refractivity contribution in [1.82, 2.24) is 9.55 Å². The van der Waals surface area contributed by atoms with Gasteiger partial charge < -0.3 is 4.57 Å². The third-order valence-electron chi connectivity index (χ3n) is 9.00. The Bertz CT molecular complexity index is 2390. The van der Waals surface area contributed by atoms with Crippen LogP contribution in [-0.4, -0.2) is 9.55 Å². The average Bonchev–Trinajstić information content (AvgIpc) is 3.59. The van der Waals surface area contributed by atoms with E-state index in [4.69, 9.17) is 4.98 Å². The van der Waals surface area contributed by atoms with Gasteiger partial charge in [-0.25, -0.2) is 4.98 Å². The van der Waals surface area contributed by atoms with Crippen LogP contribution in [0, 0.1) is 0 Å². The van der Waals surface area contributed by atoms with Crippen molar-refractivity contribution in [3.8, 4) is 39.3 Å². The summed E-state index contributed by atoms with van der Waals surface area (Å²) in [6.07, 6.45) is 0. The molecule has 0 spiro atoms. The standard InChI is InChI=1S/C41H27N2OP/c44-45(31-18-8-3-9-19-31)38-23-13-11-20-32(38)33-24-25-37-40(41(33)45)34-21-10-12-22-36(34)43(37)39-27-30(28-14-4-1-5-15-28)26-35(42-39)29-16-6-2-7-17-29/h1-27H. The molecule has 1 atom stereocenters. The third kappa shape index (κ3) is 3.84. The summed E-state index contributed by atoms with van der Waals surface area (Å²) in [6.45, 7) is 0. The van der Waals surface area contributed by atoms with Crippen LogP contribution in [0.1, 0.15) is 0 Å². The van der Waals surface area contributed by atoms with Gasteiger partial charge in [-0.3, -0.25) is 4.57 Å². The predicted octanol–water partition coefficient (Wildman–Crippen LogP) is 9.13. The molecule has 0 bridgehead atoms. The lowest BCUT2D eigenvalue weighted by molar-refractivity contribution is 0.593. The van der Waals surface area contributed by atoms with Gasteiger partial charge in [-0.2, -0.15) is 0 Å². The van der Waals surface area contributed by atoms with Crippen molar-refractivity contribution >= 4 is 44.9 Å². The predicted molar refractivity (Wildman–Crippen MR) is 188 cm³/mol. The molecule has 0 amide bonds. The molecule has 0 fully saturated rings. The highest BCUT2D eigenvalue weighted by molar-refractivity contribution is 7.86. The van der Waals surface area contributed by atoms with Crippen molar-refractivity contribution in [3.63, 3.8) is 0 Å². The van der Waals surface area contributed by atoms with Crippen molar-refractivity contribution in [2.45, 2.75) is 0 Å². The fourth-order valence-electron chi connectivity index (χ4n) is 7.02. The lowest BCUT2D eigenvalue weighted by atomic mass is 10.0. The molecule has 2 aromatic heterocycles. The first-order valence-corrected chi connectivity index (χ1v) is 16.9. The van der Waals surface area contributed by atoms with Gasteiger partial charge in [-0.1, -0.05) is 140 Å². The largest absolute Gasteiger partial charge is 0.309 e. The van der Waals surface area contributed by atoms with Gasteiger partial charge in [0.15, 0.2) is 7.14 Å². The molecule has 45 heavy (non-hydrogen) atoms. The van der Waals surface area contributed by atoms with Crippen LogP contribution in [0.15, 0.2) is 164 Å². The maximum absolute atomic E-state index is 15.7. The highest BCUT2D eigenvalue weighted by atomic mass is 31.2. The Labute approximate surface area is 261 Å². The molecule has 3 nitrogen and oxygen atoms in total. The Kier molecular flexibility index (Phi) is 5.78. The summed E-state index contributed by atoms with van der Waals surface area (Å²) < 4.78 is 18.0. The summed E-state index contributed by atoms with van der Waals surface area (Å²) in [6, 6.07) is 56.1. The Morgan fingerprint density at radius 3 is 1.93 bits per heavy atom. The molecule has 0 N–H and O–H groups in total. The molecule has 3 heterocycles. The van der Waals surface area contributed by atoms with Gasteiger partial charge >= 0.3 is 0 Å². The summed E-state index contributed by atoms with van der Waals surface area (Å²) in [5, 5.41) is 4.79. The number of nitrogens with zero attached hydrogens (tertiary/aromatic N) is 2. The normalized spacial score (nSPS) is 15.3. The van der Waals surface area contributed by atoms with Crippen LogP contribution in [0.3, 0.4) is 0 Å². The van der Waals surface area contributed by atoms with E-state index in [0.29, 0.717) is 0 Å². The van der Waals surface area contributed by atoms with Crippen LogP contribution < -0.4 is 15.9 Å². The van der Waals surface area contributed by atoms with Crippen LogP contribution in [0.4, 0.5) is 0 Å². The molecule has 0 saturated carbocycles. The number of para-hydroxylation sites is 1. The first-order chi connectivity index (χ1) is 22.2. The highest BCUT2D eigenvalue weighted by Gasteiger charge is 2.42. The van der Waals surface area contributed by atoms with E-state index in [0.717, 1.165) is 77.0 Å². The van der Waals surface area contributed by atoms with E-state index in [2.05, 4.69) is 108 Å². The van der Waals surface area contributed by atoms with Gasteiger partial charge in [-0.15, -0.1) is 0 Å². The second-order valence-corrected chi connectivity index (χ2v) is 14.2. The van der Waals surface area contributed by atoms with Gasteiger partial charge in [0.05, 0.1) is 16.7 Å². The van der Waals surface area contributed by atoms with Crippen LogP contribution in [0.2, 0.25) is 0 Å². The monoisotopic (exact) mass is 594 g/mol. The van der Waals surface area contributed by atoms with E-state index < -0.39 is 7.14 Å². The average molecular weight is 595 g/mol. The number of pyridine rings is 1. The molecule has 1 aliphatic heterocycles. The Morgan fingerprint density at radius 1 is 0.511 bits per heavy atom. The Balaban J connectivity index is 1.40. The van der Waals surface area contributed by atoms with Crippen LogP contribution in [0.5, 0.6) is 0 Å². The minimum Gasteiger partial charge on any atom is -0.309 e. The van der Waals surface area contributed by atoms with Crippen molar-refractivity contribution in [2.75, 3.05) is 0 Å². The summed E-state index contributed by atoms with van der Waals surface area (Å²) in [5.74, 6) is 0.825. The van der Waals surface area contributed by atoms with Gasteiger partial charge in [0, 0.05) is 32.2 Å². The minimum absolute atomic E-state index is 0.825. The zero-order valence-corrected chi connectivity index (χ0v) is 25.2. The minimum atomic E-state index is -3.18. The fourth-order valence-corrected chi connectivity index (χ4v) is 10.3. The quantitative estimate of drug-likeness (QED) is 0.191. The number of benzene rings is 6. The smallest absolute Gasteiger partial charge is 0.172 e. The molecule has 212 valence electrons. The van der Waals surface area contributed by atoms with Gasteiger partial charge in [0.1, 0.15) is 5.82 Å². The lowest BCUT2D eigenvalue weighted by Gasteiger charge is -2.17. The number of fused-ring (bicyclic) bond motifs is 7. The molecule has 1 aliphatic rings. The maximum atomic E-state index is 15.7. The number of aromatic nitrogens is 2. The molecule has 6 aromatic carbocycles. The van der Waals surface area contributed by atoms with Crippen molar-refractivity contribution < 1.29 is 4.57 Å². The zero-order valence-electron chi connectivity index (χ0n) is 24.3. The van der Waals surface area contributed by atoms with E-state index in [-0.39, 0.29) is 0 Å². The first-order valence-electron chi connectivity index (χ1n) is 15.2. The number of rotatable bonds is 4. The van der Waals surface area contributed by atoms with Crippen molar-refractivity contribution in [2.24, 2.45) is 0 Å². The topological polar surface area (TPSA) is 34.9 Å². The van der Waals surface area contributed by atoms with Crippen molar-refractivity contribution in [3.05, 3.63) is 164 Å². The van der Waals surface area contributed by atoms with Crippen molar-refractivity contribution in [1.29, 1.82) is 0 Å². The summed E-state index contributed by atoms with van der Waals surface area (Å²) >= 11 is 0. The van der Waals surface area contributed by atoms with E-state index in [1.807, 2.05) is 60.7 Å². The molecule has 0 radical (unpaired) electrons. The number of hydrogen-bond donors (Lipinski definition) is 0. The lowest BCUT2D eigenvalue weighted by Crippen LogP contribution is -2.21. The van der Waals surface area contributed by atoms with E-state index in [9.17, 15) is 0 Å². The van der Waals surface area contributed by atoms with Crippen LogP contribution in [0.25, 0.3) is 61.1 Å². The molecular weight excluding hydrogens is 567 g/mol.